The van der Waals surface area contributed by atoms with E-state index in [1.54, 1.807) is 26.0 Å². The Morgan fingerprint density at radius 3 is 2.88 bits per heavy atom. The molecule has 2 aromatic rings. The van der Waals surface area contributed by atoms with Gasteiger partial charge in [0.1, 0.15) is 29.8 Å². The zero-order valence-corrected chi connectivity index (χ0v) is 14.5. The number of fused-ring (bicyclic) bond motifs is 1. The lowest BCUT2D eigenvalue weighted by atomic mass is 9.82. The fourth-order valence-corrected chi connectivity index (χ4v) is 3.38. The molecule has 0 amide bonds. The highest BCUT2D eigenvalue weighted by atomic mass is 16.5. The van der Waals surface area contributed by atoms with Crippen LogP contribution in [0, 0.1) is 23.2 Å². The third-order valence-corrected chi connectivity index (χ3v) is 4.93. The van der Waals surface area contributed by atoms with Crippen molar-refractivity contribution >= 4 is 17.1 Å². The summed E-state index contributed by atoms with van der Waals surface area (Å²) < 4.78 is 7.19. The van der Waals surface area contributed by atoms with Crippen molar-refractivity contribution in [2.45, 2.75) is 38.1 Å². The predicted molar refractivity (Wildman–Crippen MR) is 90.6 cm³/mol. The highest BCUT2D eigenvalue weighted by molar-refractivity contribution is 5.80. The fraction of sp³-hybridized carbons (Fsp3) is 0.529. The topological polar surface area (TPSA) is 147 Å². The summed E-state index contributed by atoms with van der Waals surface area (Å²) >= 11 is 0. The molecule has 1 aliphatic heterocycles. The summed E-state index contributed by atoms with van der Waals surface area (Å²) in [6.07, 6.45) is -0.922. The van der Waals surface area contributed by atoms with Gasteiger partial charge in [0.15, 0.2) is 5.82 Å². The van der Waals surface area contributed by atoms with Crippen molar-refractivity contribution in [1.82, 2.24) is 14.6 Å². The Morgan fingerprint density at radius 1 is 1.54 bits per heavy atom. The van der Waals surface area contributed by atoms with Crippen molar-refractivity contribution in [2.24, 2.45) is 11.8 Å². The zero-order chi connectivity index (χ0) is 19.1. The first kappa shape index (κ1) is 18.3. The molecule has 138 valence electrons. The average Bonchev–Trinajstić information content (AvgIpc) is 3.17. The van der Waals surface area contributed by atoms with Crippen molar-refractivity contribution in [3.05, 3.63) is 24.2 Å². The number of nitriles is 1. The van der Waals surface area contributed by atoms with Crippen LogP contribution >= 0.6 is 0 Å². The number of nitrogen functional groups attached to an aromatic ring is 1. The predicted octanol–water partition coefficient (Wildman–Crippen LogP) is 0.0138. The van der Waals surface area contributed by atoms with Crippen LogP contribution in [0.15, 0.2) is 18.5 Å². The minimum atomic E-state index is -1.78. The van der Waals surface area contributed by atoms with Crippen molar-refractivity contribution < 1.29 is 19.7 Å². The van der Waals surface area contributed by atoms with Gasteiger partial charge < -0.3 is 20.7 Å². The van der Waals surface area contributed by atoms with Crippen molar-refractivity contribution in [2.75, 3.05) is 12.3 Å². The van der Waals surface area contributed by atoms with Gasteiger partial charge >= 0.3 is 0 Å². The number of ketones is 1. The SMILES string of the molecule is CC(C)C(=O)C[C@H]1[C@@H](O)[C@](C#N)(c2ccc3c(N)ncnn23)O[C@@H]1CO. The molecule has 4 N–H and O–H groups in total. The van der Waals surface area contributed by atoms with Crippen LogP contribution in [0.5, 0.6) is 0 Å². The molecule has 4 atom stereocenters. The van der Waals surface area contributed by atoms with E-state index < -0.39 is 30.3 Å². The highest BCUT2D eigenvalue weighted by Crippen LogP contribution is 2.44. The van der Waals surface area contributed by atoms with Gasteiger partial charge in [-0.25, -0.2) is 9.50 Å². The molecule has 2 aromatic heterocycles. The molecular formula is C17H21N5O4. The lowest BCUT2D eigenvalue weighted by Gasteiger charge is -2.25. The molecule has 9 nitrogen and oxygen atoms in total. The van der Waals surface area contributed by atoms with Crippen molar-refractivity contribution in [3.63, 3.8) is 0 Å². The maximum absolute atomic E-state index is 12.2. The number of hydrogen-bond acceptors (Lipinski definition) is 8. The van der Waals surface area contributed by atoms with E-state index in [2.05, 4.69) is 10.1 Å². The number of carbonyl (C=O) groups excluding carboxylic acids is 1. The van der Waals surface area contributed by atoms with Crippen LogP contribution in [0.2, 0.25) is 0 Å². The molecule has 0 radical (unpaired) electrons. The summed E-state index contributed by atoms with van der Waals surface area (Å²) in [5.74, 6) is -0.784. The number of ether oxygens (including phenoxy) is 1. The minimum Gasteiger partial charge on any atom is -0.394 e. The molecule has 0 aromatic carbocycles. The van der Waals surface area contributed by atoms with Crippen LogP contribution in [0.25, 0.3) is 5.52 Å². The van der Waals surface area contributed by atoms with Crippen LogP contribution in [-0.2, 0) is 15.1 Å². The Morgan fingerprint density at radius 2 is 2.27 bits per heavy atom. The molecule has 0 bridgehead atoms. The largest absolute Gasteiger partial charge is 0.394 e. The van der Waals surface area contributed by atoms with E-state index in [0.717, 1.165) is 0 Å². The van der Waals surface area contributed by atoms with E-state index in [4.69, 9.17) is 10.5 Å². The molecule has 26 heavy (non-hydrogen) atoms. The lowest BCUT2D eigenvalue weighted by Crippen LogP contribution is -2.39. The van der Waals surface area contributed by atoms with Gasteiger partial charge in [-0.3, -0.25) is 4.79 Å². The van der Waals surface area contributed by atoms with Gasteiger partial charge in [0.05, 0.1) is 18.4 Å². The Labute approximate surface area is 150 Å². The molecule has 0 aliphatic carbocycles. The number of aliphatic hydroxyl groups is 2. The summed E-state index contributed by atoms with van der Waals surface area (Å²) in [7, 11) is 0. The Hall–Kier alpha value is -2.54. The van der Waals surface area contributed by atoms with Crippen LogP contribution in [0.3, 0.4) is 0 Å². The van der Waals surface area contributed by atoms with Gasteiger partial charge in [0.25, 0.3) is 0 Å². The number of Topliss-reactive ketones (excluding diaryl/α,β-unsaturated/α-hetero) is 1. The summed E-state index contributed by atoms with van der Waals surface area (Å²) in [6, 6.07) is 5.22. The molecule has 0 saturated carbocycles. The van der Waals surface area contributed by atoms with Gasteiger partial charge in [-0.2, -0.15) is 10.4 Å². The second kappa shape index (κ2) is 6.64. The lowest BCUT2D eigenvalue weighted by molar-refractivity contribution is -0.124. The number of rotatable bonds is 5. The van der Waals surface area contributed by atoms with E-state index in [9.17, 15) is 20.3 Å². The summed E-state index contributed by atoms with van der Waals surface area (Å²) in [5, 5.41) is 34.6. The zero-order valence-electron chi connectivity index (χ0n) is 14.5. The number of aromatic nitrogens is 3. The van der Waals surface area contributed by atoms with Crippen LogP contribution in [-0.4, -0.2) is 49.4 Å². The number of nitrogens with zero attached hydrogens (tertiary/aromatic N) is 4. The number of aliphatic hydroxyl groups excluding tert-OH is 2. The van der Waals surface area contributed by atoms with Gasteiger partial charge in [-0.05, 0) is 12.1 Å². The molecule has 0 spiro atoms. The Bertz CT molecular complexity index is 874. The van der Waals surface area contributed by atoms with Gasteiger partial charge in [0.2, 0.25) is 5.60 Å². The normalized spacial score (nSPS) is 28.5. The summed E-state index contributed by atoms with van der Waals surface area (Å²) in [6.45, 7) is 3.10. The first-order chi connectivity index (χ1) is 12.4. The van der Waals surface area contributed by atoms with E-state index in [0.29, 0.717) is 5.52 Å². The quantitative estimate of drug-likeness (QED) is 0.676. The molecule has 3 rings (SSSR count). The second-order valence-corrected chi connectivity index (χ2v) is 6.78. The molecule has 9 heteroatoms. The first-order valence-corrected chi connectivity index (χ1v) is 8.35. The van der Waals surface area contributed by atoms with Gasteiger partial charge in [0, 0.05) is 18.3 Å². The Balaban J connectivity index is 2.07. The first-order valence-electron chi connectivity index (χ1n) is 8.35. The molecule has 0 unspecified atom stereocenters. The van der Waals surface area contributed by atoms with E-state index >= 15 is 0 Å². The number of carbonyl (C=O) groups is 1. The van der Waals surface area contributed by atoms with Crippen LogP contribution in [0.1, 0.15) is 26.0 Å². The highest BCUT2D eigenvalue weighted by Gasteiger charge is 2.57. The summed E-state index contributed by atoms with van der Waals surface area (Å²) in [4.78, 5) is 16.1. The van der Waals surface area contributed by atoms with Gasteiger partial charge in [-0.1, -0.05) is 13.8 Å². The maximum Gasteiger partial charge on any atom is 0.223 e. The number of hydrogen-bond donors (Lipinski definition) is 3. The smallest absolute Gasteiger partial charge is 0.223 e. The van der Waals surface area contributed by atoms with E-state index in [1.807, 2.05) is 6.07 Å². The van der Waals surface area contributed by atoms with Crippen molar-refractivity contribution in [1.29, 1.82) is 5.26 Å². The average molecular weight is 359 g/mol. The van der Waals surface area contributed by atoms with E-state index in [-0.39, 0.29) is 29.6 Å². The van der Waals surface area contributed by atoms with Gasteiger partial charge in [-0.15, -0.1) is 0 Å². The van der Waals surface area contributed by atoms with E-state index in [1.165, 1.54) is 10.8 Å². The third kappa shape index (κ3) is 2.63. The monoisotopic (exact) mass is 359 g/mol. The Kier molecular flexibility index (Phi) is 4.66. The molecule has 1 aliphatic rings. The second-order valence-electron chi connectivity index (χ2n) is 6.78. The van der Waals surface area contributed by atoms with Crippen LogP contribution in [0.4, 0.5) is 5.82 Å². The third-order valence-electron chi connectivity index (χ3n) is 4.93. The molecular weight excluding hydrogens is 338 g/mol. The fourth-order valence-electron chi connectivity index (χ4n) is 3.38. The standard InChI is InChI=1S/C17H21N5O4/c1-9(2)12(24)5-10-13(6-23)26-17(7-18,15(10)25)14-4-3-11-16(19)20-8-21-22(11)14/h3-4,8-10,13,15,23,25H,5-6H2,1-2H3,(H2,19,20,21)/t10-,13-,15-,17+/m1/s1. The maximum atomic E-state index is 12.2. The minimum absolute atomic E-state index is 0.00786. The number of anilines is 1. The molecule has 1 saturated heterocycles. The van der Waals surface area contributed by atoms with Crippen LogP contribution < -0.4 is 5.73 Å². The molecule has 3 heterocycles. The number of nitrogens with two attached hydrogens (primary N) is 1. The summed E-state index contributed by atoms with van der Waals surface area (Å²) in [5.41, 5.74) is 4.79. The van der Waals surface area contributed by atoms with Crippen molar-refractivity contribution in [3.8, 4) is 6.07 Å². The molecule has 1 fully saturated rings.